The topological polar surface area (TPSA) is 0 Å². The molecule has 0 aromatic heterocycles. The van der Waals surface area contributed by atoms with Crippen LogP contribution >= 0.6 is 0 Å². The fraction of sp³-hybridized carbons (Fsp3) is 0.450. The van der Waals surface area contributed by atoms with Gasteiger partial charge in [0.05, 0.1) is 0 Å². The minimum Gasteiger partial charge on any atom is -0.0696 e. The summed E-state index contributed by atoms with van der Waals surface area (Å²) < 4.78 is 47.7. The Bertz CT molecular complexity index is 1310. The van der Waals surface area contributed by atoms with Crippen LogP contribution in [0.15, 0.2) is 130 Å². The van der Waals surface area contributed by atoms with Crippen molar-refractivity contribution in [3.8, 4) is 0 Å². The molecule has 0 atom stereocenters. The summed E-state index contributed by atoms with van der Waals surface area (Å²) in [6.45, 7) is 13.0. The van der Waals surface area contributed by atoms with E-state index in [2.05, 4.69) is 65.8 Å². The summed E-state index contributed by atoms with van der Waals surface area (Å²) in [5, 5.41) is 0. The molecule has 0 radical (unpaired) electrons. The third-order valence-electron chi connectivity index (χ3n) is 8.04. The van der Waals surface area contributed by atoms with Crippen molar-refractivity contribution in [2.24, 2.45) is 10.8 Å². The number of hydrogen-bond acceptors (Lipinski definition) is 0. The average molecular weight is 543 g/mol. The van der Waals surface area contributed by atoms with Crippen LogP contribution in [0.2, 0.25) is 0 Å². The Morgan fingerprint density at radius 2 is 0.950 bits per heavy atom. The van der Waals surface area contributed by atoms with Gasteiger partial charge in [-0.25, -0.2) is 0 Å². The summed E-state index contributed by atoms with van der Waals surface area (Å²) in [4.78, 5) is 0. The van der Waals surface area contributed by atoms with Crippen molar-refractivity contribution in [1.29, 1.82) is 0 Å². The van der Waals surface area contributed by atoms with Gasteiger partial charge < -0.3 is 0 Å². The molecule has 40 heavy (non-hydrogen) atoms. The predicted octanol–water partition coefficient (Wildman–Crippen LogP) is 12.6. The number of allylic oxidation sites excluding steroid dienone is 22. The first-order chi connectivity index (χ1) is 21.2. The molecule has 0 aliphatic heterocycles. The van der Waals surface area contributed by atoms with Crippen LogP contribution in [0.5, 0.6) is 0 Å². The highest BCUT2D eigenvalue weighted by Crippen LogP contribution is 2.41. The average Bonchev–Trinajstić information content (AvgIpc) is 2.90. The van der Waals surface area contributed by atoms with Crippen LogP contribution in [0.4, 0.5) is 0 Å². The van der Waals surface area contributed by atoms with Gasteiger partial charge in [-0.15, -0.1) is 0 Å². The quantitative estimate of drug-likeness (QED) is 0.241. The van der Waals surface area contributed by atoms with Crippen LogP contribution in [0.3, 0.4) is 0 Å². The first-order valence-corrected chi connectivity index (χ1v) is 14.8. The van der Waals surface area contributed by atoms with Crippen molar-refractivity contribution < 1.29 is 8.22 Å². The molecule has 0 heterocycles. The minimum absolute atomic E-state index is 0.165. The van der Waals surface area contributed by atoms with Crippen LogP contribution in [-0.2, 0) is 0 Å². The predicted molar refractivity (Wildman–Crippen MR) is 181 cm³/mol. The summed E-state index contributed by atoms with van der Waals surface area (Å²) in [5.41, 5.74) is 8.37. The smallest absolute Gasteiger partial charge is 0.0280 e. The Morgan fingerprint density at radius 1 is 0.575 bits per heavy atom. The molecular formula is C40H56. The van der Waals surface area contributed by atoms with Crippen LogP contribution in [0, 0.1) is 10.8 Å². The van der Waals surface area contributed by atoms with E-state index in [4.69, 9.17) is 8.22 Å². The third-order valence-corrected chi connectivity index (χ3v) is 8.04. The standard InChI is InChI=1S/C40H56/c1-31(19-13-21-33(3)25-27-37-35(5)23-15-29-39(37,7)8)17-11-12-18-32(2)20-14-22-34(4)26-28-38-36(6)24-16-30-40(38,9)10/h11-14,17-22,25-28H,15-16,23-24,29-30H2,1-10H3/b12-11+,19-13+,20-14+,27-25+,28-26+,31-17+,32-18+,33-21+,34-22+/i1D3,2D3. The zero-order chi connectivity index (χ0) is 34.8. The molecule has 0 spiro atoms. The van der Waals surface area contributed by atoms with Crippen LogP contribution in [0.1, 0.15) is 116 Å². The molecule has 0 fully saturated rings. The normalized spacial score (nSPS) is 24.8. The maximum absolute atomic E-state index is 7.95. The molecule has 2 aliphatic rings. The summed E-state index contributed by atoms with van der Waals surface area (Å²) >= 11 is 0. The van der Waals surface area contributed by atoms with Gasteiger partial charge in [-0.1, -0.05) is 146 Å². The largest absolute Gasteiger partial charge is 0.0696 e. The molecule has 0 aromatic rings. The Hall–Kier alpha value is -2.86. The first kappa shape index (κ1) is 24.9. The van der Waals surface area contributed by atoms with Gasteiger partial charge in [0, 0.05) is 8.22 Å². The zero-order valence-corrected chi connectivity index (χ0v) is 26.3. The summed E-state index contributed by atoms with van der Waals surface area (Å²) in [6, 6.07) is 0. The lowest BCUT2D eigenvalue weighted by molar-refractivity contribution is 0.376. The van der Waals surface area contributed by atoms with E-state index in [1.807, 2.05) is 26.0 Å². The summed E-state index contributed by atoms with van der Waals surface area (Å²) in [5.74, 6) is 0. The van der Waals surface area contributed by atoms with E-state index < -0.39 is 13.7 Å². The fourth-order valence-electron chi connectivity index (χ4n) is 5.60. The molecule has 0 nitrogen and oxygen atoms in total. The van der Waals surface area contributed by atoms with E-state index in [0.717, 1.165) is 24.0 Å². The second-order valence-electron chi connectivity index (χ2n) is 12.7. The lowest BCUT2D eigenvalue weighted by atomic mass is 9.72. The molecule has 2 rings (SSSR count). The van der Waals surface area contributed by atoms with Gasteiger partial charge in [-0.05, 0) is 102 Å². The van der Waals surface area contributed by atoms with Crippen LogP contribution in [0.25, 0.3) is 0 Å². The van der Waals surface area contributed by atoms with E-state index in [0.29, 0.717) is 0 Å². The van der Waals surface area contributed by atoms with E-state index in [1.165, 1.54) is 60.1 Å². The zero-order valence-electron chi connectivity index (χ0n) is 32.3. The highest BCUT2D eigenvalue weighted by Gasteiger charge is 2.27. The summed E-state index contributed by atoms with van der Waals surface area (Å²) in [7, 11) is 0. The number of hydrogen-bond donors (Lipinski definition) is 0. The maximum atomic E-state index is 7.95. The lowest BCUT2D eigenvalue weighted by Crippen LogP contribution is -2.19. The van der Waals surface area contributed by atoms with Gasteiger partial charge in [0.15, 0.2) is 0 Å². The molecule has 0 amide bonds. The SMILES string of the molecule is [2H]C([2H])([2H])C(/C=C/C=C(C)/C=C/C1=C(C)CCCC1(C)C)=C\C=C\C=C(\C=C\C=C(C)\C=C\C1=C(C)CCCC1(C)C)C([2H])([2H])[2H]. The molecule has 0 heteroatoms. The van der Waals surface area contributed by atoms with Crippen molar-refractivity contribution in [3.05, 3.63) is 130 Å². The van der Waals surface area contributed by atoms with Gasteiger partial charge in [-0.2, -0.15) is 0 Å². The Morgan fingerprint density at radius 3 is 1.30 bits per heavy atom. The maximum Gasteiger partial charge on any atom is 0.0280 e. The van der Waals surface area contributed by atoms with Crippen molar-refractivity contribution in [2.45, 2.75) is 108 Å². The Balaban J connectivity index is 2.19. The van der Waals surface area contributed by atoms with Gasteiger partial charge in [0.2, 0.25) is 0 Å². The molecule has 0 saturated carbocycles. The molecule has 0 aromatic carbocycles. The van der Waals surface area contributed by atoms with E-state index in [-0.39, 0.29) is 22.0 Å². The van der Waals surface area contributed by atoms with Gasteiger partial charge in [0.1, 0.15) is 0 Å². The van der Waals surface area contributed by atoms with Crippen molar-refractivity contribution in [2.75, 3.05) is 0 Å². The molecular weight excluding hydrogens is 480 g/mol. The molecule has 0 unspecified atom stereocenters. The van der Waals surface area contributed by atoms with Crippen LogP contribution in [-0.4, -0.2) is 0 Å². The van der Waals surface area contributed by atoms with Gasteiger partial charge in [-0.3, -0.25) is 0 Å². The van der Waals surface area contributed by atoms with Crippen molar-refractivity contribution in [3.63, 3.8) is 0 Å². The second kappa shape index (κ2) is 15.8. The van der Waals surface area contributed by atoms with Gasteiger partial charge >= 0.3 is 0 Å². The van der Waals surface area contributed by atoms with Crippen molar-refractivity contribution in [1.82, 2.24) is 0 Å². The van der Waals surface area contributed by atoms with E-state index in [9.17, 15) is 0 Å². The fourth-order valence-corrected chi connectivity index (χ4v) is 5.60. The van der Waals surface area contributed by atoms with Gasteiger partial charge in [0.25, 0.3) is 0 Å². The van der Waals surface area contributed by atoms with Crippen LogP contribution < -0.4 is 0 Å². The Kier molecular flexibility index (Phi) is 9.84. The highest BCUT2D eigenvalue weighted by molar-refractivity contribution is 5.39. The highest BCUT2D eigenvalue weighted by atomic mass is 14.3. The van der Waals surface area contributed by atoms with Crippen molar-refractivity contribution >= 4 is 0 Å². The Labute approximate surface area is 256 Å². The first-order valence-electron chi connectivity index (χ1n) is 17.8. The number of rotatable bonds is 10. The summed E-state index contributed by atoms with van der Waals surface area (Å²) in [6.07, 6.45) is 32.3. The monoisotopic (exact) mass is 542 g/mol. The molecule has 2 aliphatic carbocycles. The molecule has 0 saturated heterocycles. The third kappa shape index (κ3) is 11.3. The molecule has 0 N–H and O–H groups in total. The molecule has 216 valence electrons. The molecule has 0 bridgehead atoms. The lowest BCUT2D eigenvalue weighted by Gasteiger charge is -2.33. The van der Waals surface area contributed by atoms with E-state index in [1.54, 1.807) is 36.5 Å². The second-order valence-corrected chi connectivity index (χ2v) is 12.7. The van der Waals surface area contributed by atoms with E-state index >= 15 is 0 Å². The minimum atomic E-state index is -2.31.